The summed E-state index contributed by atoms with van der Waals surface area (Å²) in [6.45, 7) is 5.25. The molecule has 1 saturated carbocycles. The molecular formula is C11H21FN2O. The van der Waals surface area contributed by atoms with Crippen LogP contribution in [0.5, 0.6) is 0 Å². The van der Waals surface area contributed by atoms with E-state index < -0.39 is 0 Å². The molecule has 1 aliphatic heterocycles. The first-order valence-corrected chi connectivity index (χ1v) is 6.01. The Labute approximate surface area is 91.2 Å². The van der Waals surface area contributed by atoms with Gasteiger partial charge in [-0.3, -0.25) is 9.80 Å². The molecule has 0 aromatic rings. The van der Waals surface area contributed by atoms with Gasteiger partial charge in [0.25, 0.3) is 0 Å². The standard InChI is InChI=1S/C11H21FN2O/c12-10-14-6-4-13(5-7-14)8-9-15-11-2-1-3-11/h11H,1-10H2. The van der Waals surface area contributed by atoms with E-state index in [2.05, 4.69) is 4.90 Å². The molecular weight excluding hydrogens is 195 g/mol. The molecule has 1 saturated heterocycles. The molecule has 15 heavy (non-hydrogen) atoms. The summed E-state index contributed by atoms with van der Waals surface area (Å²) >= 11 is 0. The van der Waals surface area contributed by atoms with Gasteiger partial charge >= 0.3 is 0 Å². The average molecular weight is 216 g/mol. The largest absolute Gasteiger partial charge is 0.377 e. The Morgan fingerprint density at radius 2 is 1.73 bits per heavy atom. The van der Waals surface area contributed by atoms with E-state index in [0.29, 0.717) is 6.10 Å². The van der Waals surface area contributed by atoms with E-state index in [-0.39, 0.29) is 6.80 Å². The van der Waals surface area contributed by atoms with Crippen LogP contribution < -0.4 is 0 Å². The molecule has 0 spiro atoms. The molecule has 0 N–H and O–H groups in total. The molecule has 0 unspecified atom stereocenters. The number of hydrogen-bond acceptors (Lipinski definition) is 3. The second-order valence-corrected chi connectivity index (χ2v) is 4.50. The van der Waals surface area contributed by atoms with E-state index in [4.69, 9.17) is 4.74 Å². The molecule has 0 aromatic carbocycles. The molecule has 3 nitrogen and oxygen atoms in total. The van der Waals surface area contributed by atoms with Crippen LogP contribution in [0.1, 0.15) is 19.3 Å². The van der Waals surface area contributed by atoms with Crippen molar-refractivity contribution in [2.75, 3.05) is 46.1 Å². The fourth-order valence-corrected chi connectivity index (χ4v) is 2.02. The summed E-state index contributed by atoms with van der Waals surface area (Å²) in [5.41, 5.74) is 0. The van der Waals surface area contributed by atoms with Crippen molar-refractivity contribution < 1.29 is 9.13 Å². The number of ether oxygens (including phenoxy) is 1. The van der Waals surface area contributed by atoms with Crippen molar-refractivity contribution in [3.8, 4) is 0 Å². The van der Waals surface area contributed by atoms with Gasteiger partial charge in [-0.15, -0.1) is 0 Å². The van der Waals surface area contributed by atoms with Gasteiger partial charge < -0.3 is 4.74 Å². The van der Waals surface area contributed by atoms with Crippen molar-refractivity contribution in [2.45, 2.75) is 25.4 Å². The lowest BCUT2D eigenvalue weighted by Gasteiger charge is -2.33. The van der Waals surface area contributed by atoms with E-state index in [1.165, 1.54) is 19.3 Å². The fraction of sp³-hybridized carbons (Fsp3) is 1.00. The molecule has 4 heteroatoms. The van der Waals surface area contributed by atoms with E-state index in [0.717, 1.165) is 39.3 Å². The minimum atomic E-state index is -0.299. The minimum absolute atomic E-state index is 0.299. The predicted octanol–water partition coefficient (Wildman–Crippen LogP) is 1.10. The molecule has 0 amide bonds. The molecule has 0 bridgehead atoms. The molecule has 2 fully saturated rings. The van der Waals surface area contributed by atoms with Crippen LogP contribution in [0.2, 0.25) is 0 Å². The van der Waals surface area contributed by atoms with E-state index in [1.807, 2.05) is 4.90 Å². The summed E-state index contributed by atoms with van der Waals surface area (Å²) in [4.78, 5) is 4.22. The van der Waals surface area contributed by atoms with Gasteiger partial charge in [0, 0.05) is 32.7 Å². The second kappa shape index (κ2) is 5.77. The van der Waals surface area contributed by atoms with Gasteiger partial charge in [-0.25, -0.2) is 4.39 Å². The van der Waals surface area contributed by atoms with Crippen molar-refractivity contribution in [2.24, 2.45) is 0 Å². The average Bonchev–Trinajstić information content (AvgIpc) is 2.23. The number of rotatable bonds is 5. The minimum Gasteiger partial charge on any atom is -0.377 e. The third-order valence-electron chi connectivity index (χ3n) is 3.45. The van der Waals surface area contributed by atoms with Crippen LogP contribution in [0.3, 0.4) is 0 Å². The summed E-state index contributed by atoms with van der Waals surface area (Å²) in [5, 5.41) is 0. The summed E-state index contributed by atoms with van der Waals surface area (Å²) in [5.74, 6) is 0. The SMILES string of the molecule is FCN1CCN(CCOC2CCC2)CC1. The van der Waals surface area contributed by atoms with Gasteiger partial charge in [-0.05, 0) is 19.3 Å². The van der Waals surface area contributed by atoms with Gasteiger partial charge in [0.2, 0.25) is 0 Å². The number of alkyl halides is 1. The summed E-state index contributed by atoms with van der Waals surface area (Å²) in [6.07, 6.45) is 4.36. The van der Waals surface area contributed by atoms with Crippen molar-refractivity contribution in [3.63, 3.8) is 0 Å². The van der Waals surface area contributed by atoms with Crippen molar-refractivity contribution in [3.05, 3.63) is 0 Å². The predicted molar refractivity (Wildman–Crippen MR) is 57.6 cm³/mol. The zero-order chi connectivity index (χ0) is 10.5. The lowest BCUT2D eigenvalue weighted by molar-refractivity contribution is -0.0136. The van der Waals surface area contributed by atoms with Gasteiger partial charge in [-0.1, -0.05) is 0 Å². The highest BCUT2D eigenvalue weighted by atomic mass is 19.1. The molecule has 88 valence electrons. The van der Waals surface area contributed by atoms with Crippen molar-refractivity contribution in [1.82, 2.24) is 9.80 Å². The zero-order valence-electron chi connectivity index (χ0n) is 9.33. The Balaban J connectivity index is 1.52. The van der Waals surface area contributed by atoms with E-state index >= 15 is 0 Å². The fourth-order valence-electron chi connectivity index (χ4n) is 2.02. The first-order chi connectivity index (χ1) is 7.38. The van der Waals surface area contributed by atoms with Crippen LogP contribution in [0.4, 0.5) is 4.39 Å². The van der Waals surface area contributed by atoms with Crippen LogP contribution in [-0.2, 0) is 4.74 Å². The first kappa shape index (κ1) is 11.3. The van der Waals surface area contributed by atoms with Gasteiger partial charge in [0.1, 0.15) is 6.80 Å². The Morgan fingerprint density at radius 1 is 1.07 bits per heavy atom. The number of nitrogens with zero attached hydrogens (tertiary/aromatic N) is 2. The molecule has 0 atom stereocenters. The summed E-state index contributed by atoms with van der Waals surface area (Å²) in [6, 6.07) is 0. The Morgan fingerprint density at radius 3 is 2.27 bits per heavy atom. The van der Waals surface area contributed by atoms with E-state index in [9.17, 15) is 4.39 Å². The lowest BCUT2D eigenvalue weighted by Crippen LogP contribution is -2.47. The Kier molecular flexibility index (Phi) is 4.35. The molecule has 1 aliphatic carbocycles. The second-order valence-electron chi connectivity index (χ2n) is 4.50. The van der Waals surface area contributed by atoms with Gasteiger partial charge in [0.15, 0.2) is 0 Å². The highest BCUT2D eigenvalue weighted by Crippen LogP contribution is 2.21. The monoisotopic (exact) mass is 216 g/mol. The maximum atomic E-state index is 12.3. The van der Waals surface area contributed by atoms with Crippen molar-refractivity contribution in [1.29, 1.82) is 0 Å². The molecule has 2 aliphatic rings. The Hall–Kier alpha value is -0.190. The highest BCUT2D eigenvalue weighted by molar-refractivity contribution is 4.72. The van der Waals surface area contributed by atoms with Crippen LogP contribution in [0.15, 0.2) is 0 Å². The van der Waals surface area contributed by atoms with Crippen LogP contribution in [0.25, 0.3) is 0 Å². The first-order valence-electron chi connectivity index (χ1n) is 6.01. The normalized spacial score (nSPS) is 25.4. The maximum absolute atomic E-state index is 12.3. The smallest absolute Gasteiger partial charge is 0.143 e. The van der Waals surface area contributed by atoms with Crippen LogP contribution in [0, 0.1) is 0 Å². The summed E-state index contributed by atoms with van der Waals surface area (Å²) < 4.78 is 18.0. The van der Waals surface area contributed by atoms with Crippen LogP contribution >= 0.6 is 0 Å². The molecule has 1 heterocycles. The van der Waals surface area contributed by atoms with Gasteiger partial charge in [-0.2, -0.15) is 0 Å². The van der Waals surface area contributed by atoms with E-state index in [1.54, 1.807) is 0 Å². The molecule has 0 aromatic heterocycles. The van der Waals surface area contributed by atoms with Crippen molar-refractivity contribution >= 4 is 0 Å². The number of hydrogen-bond donors (Lipinski definition) is 0. The maximum Gasteiger partial charge on any atom is 0.143 e. The lowest BCUT2D eigenvalue weighted by atomic mass is 9.96. The molecule has 0 radical (unpaired) electrons. The highest BCUT2D eigenvalue weighted by Gasteiger charge is 2.19. The Bertz CT molecular complexity index is 179. The third-order valence-corrected chi connectivity index (χ3v) is 3.45. The zero-order valence-corrected chi connectivity index (χ0v) is 9.33. The molecule has 2 rings (SSSR count). The third kappa shape index (κ3) is 3.40. The summed E-state index contributed by atoms with van der Waals surface area (Å²) in [7, 11) is 0. The topological polar surface area (TPSA) is 15.7 Å². The number of halogens is 1. The number of piperazine rings is 1. The van der Waals surface area contributed by atoms with Crippen LogP contribution in [-0.4, -0.2) is 62.0 Å². The van der Waals surface area contributed by atoms with Gasteiger partial charge in [0.05, 0.1) is 12.7 Å². The quantitative estimate of drug-likeness (QED) is 0.640.